The van der Waals surface area contributed by atoms with Crippen LogP contribution in [-0.2, 0) is 11.3 Å². The highest BCUT2D eigenvalue weighted by Crippen LogP contribution is 2.15. The van der Waals surface area contributed by atoms with E-state index < -0.39 is 0 Å². The second-order valence-corrected chi connectivity index (χ2v) is 6.54. The summed E-state index contributed by atoms with van der Waals surface area (Å²) in [4.78, 5) is 32.4. The molecule has 7 heteroatoms. The summed E-state index contributed by atoms with van der Waals surface area (Å²) in [5, 5.41) is 3.48. The van der Waals surface area contributed by atoms with Gasteiger partial charge in [0, 0.05) is 19.7 Å². The van der Waals surface area contributed by atoms with E-state index in [4.69, 9.17) is 4.74 Å². The zero-order chi connectivity index (χ0) is 18.5. The number of rotatable bonds is 7. The molecule has 0 bridgehead atoms. The van der Waals surface area contributed by atoms with E-state index in [-0.39, 0.29) is 17.3 Å². The van der Waals surface area contributed by atoms with Crippen molar-refractivity contribution < 1.29 is 9.53 Å². The fourth-order valence-corrected chi connectivity index (χ4v) is 3.56. The average Bonchev–Trinajstić information content (AvgIpc) is 3.13. The van der Waals surface area contributed by atoms with E-state index >= 15 is 0 Å². The van der Waals surface area contributed by atoms with Crippen molar-refractivity contribution in [1.82, 2.24) is 19.8 Å². The summed E-state index contributed by atoms with van der Waals surface area (Å²) >= 11 is 0. The van der Waals surface area contributed by atoms with Gasteiger partial charge in [-0.1, -0.05) is 19.1 Å². The van der Waals surface area contributed by atoms with Crippen LogP contribution < -0.4 is 10.9 Å². The van der Waals surface area contributed by atoms with E-state index in [1.54, 1.807) is 25.3 Å². The van der Waals surface area contributed by atoms with Crippen LogP contribution in [0, 0.1) is 0 Å². The van der Waals surface area contributed by atoms with E-state index in [0.717, 1.165) is 25.9 Å². The van der Waals surface area contributed by atoms with Gasteiger partial charge >= 0.3 is 0 Å². The molecule has 1 aliphatic heterocycles. The molecular weight excluding hydrogens is 332 g/mol. The van der Waals surface area contributed by atoms with E-state index in [1.165, 1.54) is 4.57 Å². The molecule has 2 aromatic rings. The van der Waals surface area contributed by atoms with Crippen molar-refractivity contribution >= 4 is 16.8 Å². The highest BCUT2D eigenvalue weighted by Gasteiger charge is 2.24. The maximum atomic E-state index is 12.8. The molecule has 1 aromatic carbocycles. The Kier molecular flexibility index (Phi) is 6.00. The number of carbonyl (C=O) groups excluding carboxylic acids is 1. The van der Waals surface area contributed by atoms with Gasteiger partial charge in [-0.2, -0.15) is 0 Å². The molecule has 1 aliphatic rings. The Balaban J connectivity index is 1.87. The summed E-state index contributed by atoms with van der Waals surface area (Å²) in [5.74, 6) is -0.168. The predicted octanol–water partition coefficient (Wildman–Crippen LogP) is 1.26. The predicted molar refractivity (Wildman–Crippen MR) is 100 cm³/mol. The lowest BCUT2D eigenvalue weighted by Crippen LogP contribution is -2.42. The van der Waals surface area contributed by atoms with Gasteiger partial charge in [0.1, 0.15) is 0 Å². The number of likely N-dealkylation sites (tertiary alicyclic amines) is 1. The van der Waals surface area contributed by atoms with Crippen molar-refractivity contribution in [3.8, 4) is 0 Å². The minimum Gasteiger partial charge on any atom is -0.383 e. The maximum absolute atomic E-state index is 12.8. The van der Waals surface area contributed by atoms with Crippen LogP contribution in [-0.4, -0.2) is 59.8 Å². The highest BCUT2D eigenvalue weighted by atomic mass is 16.5. The van der Waals surface area contributed by atoms with Crippen LogP contribution in [0.15, 0.2) is 29.1 Å². The molecule has 2 heterocycles. The monoisotopic (exact) mass is 358 g/mol. The number of aromatic nitrogens is 2. The van der Waals surface area contributed by atoms with Gasteiger partial charge < -0.3 is 10.1 Å². The molecule has 3 rings (SSSR count). The Morgan fingerprint density at radius 3 is 2.96 bits per heavy atom. The summed E-state index contributed by atoms with van der Waals surface area (Å²) in [6.07, 6.45) is 2.23. The number of amides is 1. The van der Waals surface area contributed by atoms with E-state index in [2.05, 4.69) is 22.1 Å². The molecule has 26 heavy (non-hydrogen) atoms. The third kappa shape index (κ3) is 3.78. The summed E-state index contributed by atoms with van der Waals surface area (Å²) in [5.41, 5.74) is 0.321. The lowest BCUT2D eigenvalue weighted by atomic mass is 10.2. The van der Waals surface area contributed by atoms with Crippen molar-refractivity contribution in [2.45, 2.75) is 32.4 Å². The molecule has 0 saturated carbocycles. The number of ether oxygens (including phenoxy) is 1. The molecule has 0 aliphatic carbocycles. The van der Waals surface area contributed by atoms with Crippen molar-refractivity contribution in [3.05, 3.63) is 40.4 Å². The summed E-state index contributed by atoms with van der Waals surface area (Å²) in [7, 11) is 1.57. The first-order valence-electron chi connectivity index (χ1n) is 9.16. The van der Waals surface area contributed by atoms with Gasteiger partial charge in [-0.25, -0.2) is 4.98 Å². The second-order valence-electron chi connectivity index (χ2n) is 6.54. The number of hydrogen-bond acceptors (Lipinski definition) is 5. The third-order valence-corrected chi connectivity index (χ3v) is 4.99. The molecule has 1 N–H and O–H groups in total. The number of nitrogens with zero attached hydrogens (tertiary/aromatic N) is 3. The van der Waals surface area contributed by atoms with Gasteiger partial charge in [0.05, 0.1) is 24.1 Å². The minimum absolute atomic E-state index is 0.145. The van der Waals surface area contributed by atoms with E-state index in [9.17, 15) is 9.59 Å². The fraction of sp³-hybridized carbons (Fsp3) is 0.526. The van der Waals surface area contributed by atoms with Crippen LogP contribution in [0.2, 0.25) is 0 Å². The Bertz CT molecular complexity index is 833. The molecule has 1 aromatic heterocycles. The quantitative estimate of drug-likeness (QED) is 0.806. The van der Waals surface area contributed by atoms with Gasteiger partial charge in [0.2, 0.25) is 5.82 Å². The first kappa shape index (κ1) is 18.5. The van der Waals surface area contributed by atoms with Crippen LogP contribution in [0.5, 0.6) is 0 Å². The SMILES string of the molecule is CCN1CCCC1CNC(=O)c1nc2ccccc2c(=O)n1CCOC. The topological polar surface area (TPSA) is 76.5 Å². The third-order valence-electron chi connectivity index (χ3n) is 4.99. The van der Waals surface area contributed by atoms with Gasteiger partial charge in [0.25, 0.3) is 11.5 Å². The number of carbonyl (C=O) groups is 1. The maximum Gasteiger partial charge on any atom is 0.287 e. The normalized spacial score (nSPS) is 17.7. The lowest BCUT2D eigenvalue weighted by Gasteiger charge is -2.23. The number of nitrogens with one attached hydrogen (secondary N) is 1. The van der Waals surface area contributed by atoms with Crippen LogP contribution >= 0.6 is 0 Å². The Hall–Kier alpha value is -2.25. The highest BCUT2D eigenvalue weighted by molar-refractivity contribution is 5.93. The van der Waals surface area contributed by atoms with Gasteiger partial charge in [0.15, 0.2) is 0 Å². The van der Waals surface area contributed by atoms with Crippen LogP contribution in [0.3, 0.4) is 0 Å². The Morgan fingerprint density at radius 2 is 2.19 bits per heavy atom. The first-order valence-corrected chi connectivity index (χ1v) is 9.16. The fourth-order valence-electron chi connectivity index (χ4n) is 3.56. The number of benzene rings is 1. The number of methoxy groups -OCH3 is 1. The molecule has 0 radical (unpaired) electrons. The zero-order valence-electron chi connectivity index (χ0n) is 15.4. The Morgan fingerprint density at radius 1 is 1.38 bits per heavy atom. The summed E-state index contributed by atoms with van der Waals surface area (Å²) < 4.78 is 6.50. The summed E-state index contributed by atoms with van der Waals surface area (Å²) in [6.45, 7) is 5.39. The number of likely N-dealkylation sites (N-methyl/N-ethyl adjacent to an activating group) is 1. The van der Waals surface area contributed by atoms with Gasteiger partial charge in [-0.05, 0) is 38.1 Å². The molecule has 1 unspecified atom stereocenters. The number of para-hydroxylation sites is 1. The van der Waals surface area contributed by atoms with Crippen LogP contribution in [0.4, 0.5) is 0 Å². The van der Waals surface area contributed by atoms with E-state index in [1.807, 2.05) is 6.07 Å². The number of fused-ring (bicyclic) bond motifs is 1. The van der Waals surface area contributed by atoms with Gasteiger partial charge in [-0.3, -0.25) is 19.1 Å². The van der Waals surface area contributed by atoms with Crippen molar-refractivity contribution in [3.63, 3.8) is 0 Å². The summed E-state index contributed by atoms with van der Waals surface area (Å²) in [6, 6.07) is 7.44. The average molecular weight is 358 g/mol. The van der Waals surface area contributed by atoms with Gasteiger partial charge in [-0.15, -0.1) is 0 Å². The molecule has 1 fully saturated rings. The van der Waals surface area contributed by atoms with Crippen molar-refractivity contribution in [1.29, 1.82) is 0 Å². The molecule has 1 atom stereocenters. The van der Waals surface area contributed by atoms with Crippen LogP contribution in [0.1, 0.15) is 30.4 Å². The molecule has 0 spiro atoms. The van der Waals surface area contributed by atoms with E-state index in [0.29, 0.717) is 36.6 Å². The van der Waals surface area contributed by atoms with Crippen LogP contribution in [0.25, 0.3) is 10.9 Å². The smallest absolute Gasteiger partial charge is 0.287 e. The molecule has 140 valence electrons. The Labute approximate surface area is 153 Å². The largest absolute Gasteiger partial charge is 0.383 e. The molecular formula is C19H26N4O3. The first-order chi connectivity index (χ1) is 12.7. The zero-order valence-corrected chi connectivity index (χ0v) is 15.4. The number of hydrogen-bond donors (Lipinski definition) is 1. The minimum atomic E-state index is -0.313. The molecule has 1 saturated heterocycles. The second kappa shape index (κ2) is 8.42. The van der Waals surface area contributed by atoms with Crippen molar-refractivity contribution in [2.75, 3.05) is 33.4 Å². The standard InChI is InChI=1S/C19H26N4O3/c1-3-22-10-6-7-14(22)13-20-18(24)17-21-16-9-5-4-8-15(16)19(25)23(17)11-12-26-2/h4-5,8-9,14H,3,6-7,10-13H2,1-2H3,(H,20,24). The molecule has 1 amide bonds. The lowest BCUT2D eigenvalue weighted by molar-refractivity contribution is 0.0921. The molecule has 7 nitrogen and oxygen atoms in total. The van der Waals surface area contributed by atoms with Crippen molar-refractivity contribution in [2.24, 2.45) is 0 Å².